The maximum absolute atomic E-state index is 5.43. The van der Waals surface area contributed by atoms with Crippen LogP contribution in [0.25, 0.3) is 11.4 Å². The summed E-state index contributed by atoms with van der Waals surface area (Å²) in [5.74, 6) is 2.44. The minimum atomic E-state index is 0.716. The number of nitrogens with zero attached hydrogens (tertiary/aromatic N) is 2. The van der Waals surface area contributed by atoms with Crippen molar-refractivity contribution in [2.24, 2.45) is 0 Å². The van der Waals surface area contributed by atoms with E-state index in [1.165, 1.54) is 5.56 Å². The van der Waals surface area contributed by atoms with Crippen LogP contribution in [0.15, 0.2) is 22.7 Å². The zero-order valence-corrected chi connectivity index (χ0v) is 13.1. The van der Waals surface area contributed by atoms with Crippen molar-refractivity contribution in [1.82, 2.24) is 9.97 Å². The summed E-state index contributed by atoms with van der Waals surface area (Å²) < 4.78 is 6.42. The van der Waals surface area contributed by atoms with Crippen molar-refractivity contribution >= 4 is 21.7 Å². The smallest absolute Gasteiger partial charge is 0.165 e. The van der Waals surface area contributed by atoms with E-state index >= 15 is 0 Å². The summed E-state index contributed by atoms with van der Waals surface area (Å²) >= 11 is 3.49. The molecule has 1 N–H and O–H groups in total. The molecule has 3 rings (SSSR count). The predicted octanol–water partition coefficient (Wildman–Crippen LogP) is 3.45. The first kappa shape index (κ1) is 13.4. The van der Waals surface area contributed by atoms with Crippen LogP contribution in [-0.2, 0) is 12.8 Å². The molecular weight excluding hydrogens is 318 g/mol. The second kappa shape index (κ2) is 5.40. The number of nitrogens with one attached hydrogen (secondary N) is 1. The molecule has 0 fully saturated rings. The van der Waals surface area contributed by atoms with Crippen LogP contribution in [-0.4, -0.2) is 24.1 Å². The summed E-state index contributed by atoms with van der Waals surface area (Å²) in [6, 6.07) is 5.87. The summed E-state index contributed by atoms with van der Waals surface area (Å²) in [6.07, 6.45) is 3.23. The molecule has 4 nitrogen and oxygen atoms in total. The average Bonchev–Trinajstić information content (AvgIpc) is 2.94. The van der Waals surface area contributed by atoms with Gasteiger partial charge in [0.25, 0.3) is 0 Å². The second-order valence-electron chi connectivity index (χ2n) is 4.77. The van der Waals surface area contributed by atoms with Gasteiger partial charge >= 0.3 is 0 Å². The van der Waals surface area contributed by atoms with E-state index in [0.29, 0.717) is 5.82 Å². The lowest BCUT2D eigenvalue weighted by Crippen LogP contribution is -2.04. The van der Waals surface area contributed by atoms with Gasteiger partial charge in [0.05, 0.1) is 12.7 Å². The molecule has 0 atom stereocenters. The van der Waals surface area contributed by atoms with Crippen molar-refractivity contribution in [3.05, 3.63) is 33.9 Å². The molecule has 1 heterocycles. The van der Waals surface area contributed by atoms with E-state index in [2.05, 4.69) is 26.2 Å². The van der Waals surface area contributed by atoms with Gasteiger partial charge in [0.2, 0.25) is 0 Å². The van der Waals surface area contributed by atoms with Gasteiger partial charge in [-0.2, -0.15) is 0 Å². The fourth-order valence-electron chi connectivity index (χ4n) is 2.61. The van der Waals surface area contributed by atoms with Gasteiger partial charge in [0.15, 0.2) is 5.82 Å². The minimum Gasteiger partial charge on any atom is -0.496 e. The fourth-order valence-corrected chi connectivity index (χ4v) is 2.98. The molecule has 0 amide bonds. The van der Waals surface area contributed by atoms with Gasteiger partial charge in [-0.05, 0) is 37.5 Å². The third-order valence-corrected chi connectivity index (χ3v) is 4.07. The Morgan fingerprint density at radius 1 is 1.25 bits per heavy atom. The SMILES string of the molecule is CNc1nc(-c2cc(Br)ccc2OC)nc2c1CCC2. The van der Waals surface area contributed by atoms with Gasteiger partial charge in [-0.3, -0.25) is 0 Å². The number of aromatic nitrogens is 2. The molecule has 20 heavy (non-hydrogen) atoms. The number of anilines is 1. The monoisotopic (exact) mass is 333 g/mol. The number of aryl methyl sites for hydroxylation is 1. The molecule has 0 radical (unpaired) electrons. The number of ether oxygens (including phenoxy) is 1. The highest BCUT2D eigenvalue weighted by Gasteiger charge is 2.20. The summed E-state index contributed by atoms with van der Waals surface area (Å²) in [5.41, 5.74) is 3.32. The van der Waals surface area contributed by atoms with Crippen LogP contribution in [0, 0.1) is 0 Å². The van der Waals surface area contributed by atoms with Gasteiger partial charge in [-0.15, -0.1) is 0 Å². The van der Waals surface area contributed by atoms with E-state index in [1.54, 1.807) is 7.11 Å². The third-order valence-electron chi connectivity index (χ3n) is 3.57. The zero-order chi connectivity index (χ0) is 14.1. The summed E-state index contributed by atoms with van der Waals surface area (Å²) in [7, 11) is 3.57. The maximum Gasteiger partial charge on any atom is 0.165 e. The largest absolute Gasteiger partial charge is 0.496 e. The predicted molar refractivity (Wildman–Crippen MR) is 83.3 cm³/mol. The minimum absolute atomic E-state index is 0.716. The first-order valence-electron chi connectivity index (χ1n) is 6.64. The summed E-state index contributed by atoms with van der Waals surface area (Å²) in [6.45, 7) is 0. The first-order valence-corrected chi connectivity index (χ1v) is 7.43. The standard InChI is InChI=1S/C15H16BrN3O/c1-17-14-10-4-3-5-12(10)18-15(19-14)11-8-9(16)6-7-13(11)20-2/h6-8H,3-5H2,1-2H3,(H,17,18,19). The molecule has 0 bridgehead atoms. The van der Waals surface area contributed by atoms with Crippen LogP contribution >= 0.6 is 15.9 Å². The molecule has 104 valence electrons. The molecule has 0 spiro atoms. The van der Waals surface area contributed by atoms with Crippen molar-refractivity contribution in [3.63, 3.8) is 0 Å². The average molecular weight is 334 g/mol. The van der Waals surface area contributed by atoms with Gasteiger partial charge in [-0.25, -0.2) is 9.97 Å². The Balaban J connectivity index is 2.18. The highest BCUT2D eigenvalue weighted by Crippen LogP contribution is 2.34. The van der Waals surface area contributed by atoms with Crippen molar-refractivity contribution in [3.8, 4) is 17.1 Å². The lowest BCUT2D eigenvalue weighted by molar-refractivity contribution is 0.416. The molecule has 0 saturated carbocycles. The van der Waals surface area contributed by atoms with E-state index in [9.17, 15) is 0 Å². The molecule has 0 saturated heterocycles. The molecule has 1 aliphatic carbocycles. The van der Waals surface area contributed by atoms with E-state index in [0.717, 1.165) is 46.6 Å². The molecule has 1 aliphatic rings. The van der Waals surface area contributed by atoms with Crippen molar-refractivity contribution in [2.75, 3.05) is 19.5 Å². The molecular formula is C15H16BrN3O. The second-order valence-corrected chi connectivity index (χ2v) is 5.68. The van der Waals surface area contributed by atoms with Crippen LogP contribution in [0.3, 0.4) is 0 Å². The molecule has 0 unspecified atom stereocenters. The molecule has 2 aromatic rings. The van der Waals surface area contributed by atoms with Crippen LogP contribution < -0.4 is 10.1 Å². The lowest BCUT2D eigenvalue weighted by atomic mass is 10.1. The van der Waals surface area contributed by atoms with Gasteiger partial charge in [0, 0.05) is 22.8 Å². The Morgan fingerprint density at radius 2 is 2.10 bits per heavy atom. The van der Waals surface area contributed by atoms with Crippen molar-refractivity contribution < 1.29 is 4.74 Å². The fraction of sp³-hybridized carbons (Fsp3) is 0.333. The van der Waals surface area contributed by atoms with E-state index in [4.69, 9.17) is 9.72 Å². The Kier molecular flexibility index (Phi) is 3.61. The maximum atomic E-state index is 5.43. The lowest BCUT2D eigenvalue weighted by Gasteiger charge is -2.12. The van der Waals surface area contributed by atoms with Gasteiger partial charge in [0.1, 0.15) is 11.6 Å². The van der Waals surface area contributed by atoms with Crippen molar-refractivity contribution in [1.29, 1.82) is 0 Å². The first-order chi connectivity index (χ1) is 9.72. The molecule has 1 aromatic heterocycles. The highest BCUT2D eigenvalue weighted by atomic mass is 79.9. The topological polar surface area (TPSA) is 47.0 Å². The van der Waals surface area contributed by atoms with Crippen LogP contribution in [0.4, 0.5) is 5.82 Å². The quantitative estimate of drug-likeness (QED) is 0.934. The molecule has 0 aliphatic heterocycles. The van der Waals surface area contributed by atoms with Crippen molar-refractivity contribution in [2.45, 2.75) is 19.3 Å². The number of hydrogen-bond donors (Lipinski definition) is 1. The highest BCUT2D eigenvalue weighted by molar-refractivity contribution is 9.10. The van der Waals surface area contributed by atoms with E-state index in [-0.39, 0.29) is 0 Å². The summed E-state index contributed by atoms with van der Waals surface area (Å²) in [5, 5.41) is 3.19. The van der Waals surface area contributed by atoms with Crippen LogP contribution in [0.2, 0.25) is 0 Å². The number of methoxy groups -OCH3 is 1. The Bertz CT molecular complexity index is 658. The number of benzene rings is 1. The number of rotatable bonds is 3. The van der Waals surface area contributed by atoms with E-state index in [1.807, 2.05) is 25.2 Å². The number of fused-ring (bicyclic) bond motifs is 1. The Labute approximate surface area is 126 Å². The van der Waals surface area contributed by atoms with Crippen LogP contribution in [0.1, 0.15) is 17.7 Å². The molecule has 1 aromatic carbocycles. The Morgan fingerprint density at radius 3 is 2.85 bits per heavy atom. The molecule has 5 heteroatoms. The van der Waals surface area contributed by atoms with E-state index < -0.39 is 0 Å². The van der Waals surface area contributed by atoms with Gasteiger partial charge in [-0.1, -0.05) is 15.9 Å². The zero-order valence-electron chi connectivity index (χ0n) is 11.5. The number of hydrogen-bond acceptors (Lipinski definition) is 4. The third kappa shape index (κ3) is 2.26. The number of halogens is 1. The Hall–Kier alpha value is -1.62. The summed E-state index contributed by atoms with van der Waals surface area (Å²) in [4.78, 5) is 9.39. The normalized spacial score (nSPS) is 13.2. The van der Waals surface area contributed by atoms with Gasteiger partial charge < -0.3 is 10.1 Å². The van der Waals surface area contributed by atoms with Crippen LogP contribution in [0.5, 0.6) is 5.75 Å².